The Morgan fingerprint density at radius 1 is 0.375 bits per heavy atom. The highest BCUT2D eigenvalue weighted by molar-refractivity contribution is 6.10. The van der Waals surface area contributed by atoms with Crippen molar-refractivity contribution in [3.8, 4) is 34.4 Å². The van der Waals surface area contributed by atoms with E-state index in [-0.39, 0.29) is 0 Å². The first-order chi connectivity index (χ1) is 27.8. The van der Waals surface area contributed by atoms with E-state index in [1.807, 2.05) is 18.2 Å². The van der Waals surface area contributed by atoms with Crippen LogP contribution < -0.4 is 9.47 Å². The van der Waals surface area contributed by atoms with Crippen LogP contribution in [0, 0.1) is 0 Å². The average molecular weight is 719 g/mol. The predicted octanol–water partition coefficient (Wildman–Crippen LogP) is 12.1. The Hall–Kier alpha value is -7.57. The summed E-state index contributed by atoms with van der Waals surface area (Å²) in [5.41, 5.74) is 12.3. The molecule has 6 nitrogen and oxygen atoms in total. The van der Waals surface area contributed by atoms with Gasteiger partial charge in [-0.3, -0.25) is 8.97 Å². The maximum Gasteiger partial charge on any atom is 0.220 e. The van der Waals surface area contributed by atoms with Gasteiger partial charge in [0.15, 0.2) is 0 Å². The second-order valence-electron chi connectivity index (χ2n) is 14.7. The van der Waals surface area contributed by atoms with Crippen LogP contribution in [-0.2, 0) is 5.41 Å². The third kappa shape index (κ3) is 3.72. The number of ether oxygens (including phenoxy) is 2. The number of nitrogens with zero attached hydrogens (tertiary/aromatic N) is 4. The Bertz CT molecular complexity index is 3350. The van der Waals surface area contributed by atoms with Gasteiger partial charge in [0.05, 0.1) is 44.2 Å². The smallest absolute Gasteiger partial charge is 0.220 e. The topological polar surface area (TPSA) is 45.6 Å². The van der Waals surface area contributed by atoms with E-state index < -0.39 is 5.41 Å². The summed E-state index contributed by atoms with van der Waals surface area (Å²) in [6, 6.07) is 64.4. The molecule has 0 atom stereocenters. The lowest BCUT2D eigenvalue weighted by atomic mass is 9.62. The summed E-state index contributed by atoms with van der Waals surface area (Å²) < 4.78 is 20.4. The normalized spacial score (nSPS) is 13.8. The van der Waals surface area contributed by atoms with Gasteiger partial charge in [-0.15, -0.1) is 0 Å². The van der Waals surface area contributed by atoms with Crippen LogP contribution in [0.5, 0.6) is 23.0 Å². The highest BCUT2D eigenvalue weighted by Gasteiger charge is 2.50. The van der Waals surface area contributed by atoms with Gasteiger partial charge in [-0.05, 0) is 78.9 Å². The summed E-state index contributed by atoms with van der Waals surface area (Å²) in [4.78, 5) is 5.18. The van der Waals surface area contributed by atoms with Crippen LogP contribution in [0.2, 0.25) is 0 Å². The number of para-hydroxylation sites is 8. The second kappa shape index (κ2) is 10.8. The second-order valence-corrected chi connectivity index (χ2v) is 14.7. The molecule has 6 heteroatoms. The number of fused-ring (bicyclic) bond motifs is 16. The third-order valence-corrected chi connectivity index (χ3v) is 12.0. The molecule has 0 unspecified atom stereocenters. The fourth-order valence-electron chi connectivity index (χ4n) is 9.72. The van der Waals surface area contributed by atoms with Crippen LogP contribution in [0.25, 0.3) is 61.0 Å². The summed E-state index contributed by atoms with van der Waals surface area (Å²) in [5, 5.41) is 2.38. The van der Waals surface area contributed by atoms with Crippen molar-refractivity contribution in [1.29, 1.82) is 0 Å². The van der Waals surface area contributed by atoms with Crippen molar-refractivity contribution in [3.63, 3.8) is 0 Å². The monoisotopic (exact) mass is 718 g/mol. The molecule has 0 amide bonds. The zero-order valence-electron chi connectivity index (χ0n) is 29.9. The van der Waals surface area contributed by atoms with E-state index in [2.05, 4.69) is 177 Å². The van der Waals surface area contributed by atoms with Gasteiger partial charge in [0.1, 0.15) is 23.0 Å². The molecule has 262 valence electrons. The molecule has 8 aromatic carbocycles. The van der Waals surface area contributed by atoms with Gasteiger partial charge < -0.3 is 14.0 Å². The maximum atomic E-state index is 6.79. The standard InChI is InChI=1S/C50H30N4O2/c1-6-18-40-33(13-1)34-27-25-32(53-42-20-8-9-21-43(42)54-41-19-7-5-17-39(41)51-49(53)54)30-44(34)52(40)31-26-28-48-38(29-31)50(37-16-4-12-24-47(37)56-48)35-14-2-10-22-45(35)55-46-23-11-3-15-36(46)50/h1-30H. The fourth-order valence-corrected chi connectivity index (χ4v) is 9.72. The maximum absolute atomic E-state index is 6.79. The van der Waals surface area contributed by atoms with E-state index in [0.717, 1.165) is 95.5 Å². The van der Waals surface area contributed by atoms with Crippen LogP contribution in [0.3, 0.4) is 0 Å². The molecule has 11 aromatic rings. The molecular weight excluding hydrogens is 689 g/mol. The van der Waals surface area contributed by atoms with E-state index in [1.165, 1.54) is 10.8 Å². The average Bonchev–Trinajstić information content (AvgIpc) is 3.90. The van der Waals surface area contributed by atoms with Crippen molar-refractivity contribution in [1.82, 2.24) is 18.5 Å². The van der Waals surface area contributed by atoms with Crippen molar-refractivity contribution in [2.24, 2.45) is 0 Å². The quantitative estimate of drug-likeness (QED) is 0.179. The molecule has 0 saturated heterocycles. The number of benzene rings is 8. The number of aromatic nitrogens is 4. The molecule has 0 saturated carbocycles. The largest absolute Gasteiger partial charge is 0.457 e. The van der Waals surface area contributed by atoms with Crippen molar-refractivity contribution in [3.05, 3.63) is 204 Å². The molecule has 3 aromatic heterocycles. The van der Waals surface area contributed by atoms with Crippen LogP contribution in [-0.4, -0.2) is 18.5 Å². The number of hydrogen-bond donors (Lipinski definition) is 0. The SMILES string of the molecule is c1ccc2c(c1)Oc1ccccc1C21c2ccccc2Oc2ccc(-n3c4ccccc4c4ccc(-n5c6ccccc6n6c7ccccc7nc56)cc43)cc21. The highest BCUT2D eigenvalue weighted by Crippen LogP contribution is 2.61. The zero-order valence-corrected chi connectivity index (χ0v) is 29.9. The summed E-state index contributed by atoms with van der Waals surface area (Å²) in [6.45, 7) is 0. The Balaban J connectivity index is 1.11. The molecule has 56 heavy (non-hydrogen) atoms. The van der Waals surface area contributed by atoms with Gasteiger partial charge in [-0.25, -0.2) is 4.98 Å². The van der Waals surface area contributed by atoms with Gasteiger partial charge in [0, 0.05) is 38.7 Å². The minimum Gasteiger partial charge on any atom is -0.457 e. The van der Waals surface area contributed by atoms with E-state index in [9.17, 15) is 0 Å². The summed E-state index contributed by atoms with van der Waals surface area (Å²) >= 11 is 0. The third-order valence-electron chi connectivity index (χ3n) is 12.0. The molecule has 2 aliphatic heterocycles. The highest BCUT2D eigenvalue weighted by atomic mass is 16.5. The Morgan fingerprint density at radius 3 is 1.61 bits per heavy atom. The molecule has 1 spiro atoms. The Labute approximate surface area is 320 Å². The van der Waals surface area contributed by atoms with Gasteiger partial charge in [0.25, 0.3) is 0 Å². The molecule has 0 N–H and O–H groups in total. The molecule has 0 fully saturated rings. The molecule has 13 rings (SSSR count). The van der Waals surface area contributed by atoms with Crippen molar-refractivity contribution in [2.75, 3.05) is 0 Å². The first kappa shape index (κ1) is 29.8. The van der Waals surface area contributed by atoms with Gasteiger partial charge >= 0.3 is 0 Å². The van der Waals surface area contributed by atoms with Crippen molar-refractivity contribution >= 4 is 49.7 Å². The molecule has 5 heterocycles. The van der Waals surface area contributed by atoms with Gasteiger partial charge in [-0.1, -0.05) is 103 Å². The van der Waals surface area contributed by atoms with Crippen LogP contribution >= 0.6 is 0 Å². The lowest BCUT2D eigenvalue weighted by Gasteiger charge is -2.44. The zero-order chi connectivity index (χ0) is 36.5. The molecule has 0 aliphatic carbocycles. The minimum absolute atomic E-state index is 0.687. The summed E-state index contributed by atoms with van der Waals surface area (Å²) in [6.07, 6.45) is 0. The van der Waals surface area contributed by atoms with Crippen molar-refractivity contribution < 1.29 is 9.47 Å². The van der Waals surface area contributed by atoms with Crippen molar-refractivity contribution in [2.45, 2.75) is 5.41 Å². The van der Waals surface area contributed by atoms with E-state index in [0.29, 0.717) is 0 Å². The van der Waals surface area contributed by atoms with E-state index in [4.69, 9.17) is 14.5 Å². The molecule has 0 radical (unpaired) electrons. The number of imidazole rings is 2. The first-order valence-corrected chi connectivity index (χ1v) is 19.0. The number of hydrogen-bond acceptors (Lipinski definition) is 3. The Morgan fingerprint density at radius 2 is 0.893 bits per heavy atom. The lowest BCUT2D eigenvalue weighted by molar-refractivity contribution is 0.399. The Kier molecular flexibility index (Phi) is 5.74. The van der Waals surface area contributed by atoms with Gasteiger partial charge in [-0.2, -0.15) is 0 Å². The van der Waals surface area contributed by atoms with E-state index >= 15 is 0 Å². The van der Waals surface area contributed by atoms with Crippen LogP contribution in [0.15, 0.2) is 182 Å². The molecular formula is C50H30N4O2. The lowest BCUT2D eigenvalue weighted by Crippen LogP contribution is -2.36. The summed E-state index contributed by atoms with van der Waals surface area (Å²) in [7, 11) is 0. The van der Waals surface area contributed by atoms with Gasteiger partial charge in [0.2, 0.25) is 5.78 Å². The van der Waals surface area contributed by atoms with Crippen LogP contribution in [0.1, 0.15) is 22.3 Å². The predicted molar refractivity (Wildman–Crippen MR) is 222 cm³/mol. The fraction of sp³-hybridized carbons (Fsp3) is 0.0200. The number of rotatable bonds is 2. The summed E-state index contributed by atoms with van der Waals surface area (Å²) in [5.74, 6) is 4.25. The first-order valence-electron chi connectivity index (χ1n) is 19.0. The molecule has 0 bridgehead atoms. The van der Waals surface area contributed by atoms with E-state index in [1.54, 1.807) is 0 Å². The minimum atomic E-state index is -0.687. The van der Waals surface area contributed by atoms with Crippen LogP contribution in [0.4, 0.5) is 0 Å². The molecule has 2 aliphatic rings.